The standard InChI is InChI=1S/C16H19ClF3NO4S/c1-26(23,24)25-9-10-2-5-12(6-3-10)21-15(22)13-8-11(16(18,19)20)4-7-14(13)17/h4,7-8,10,12H,2-3,5-6,9H2,1H3,(H,21,22)/t10-,12-. The van der Waals surface area contributed by atoms with Crippen LogP contribution in [0.2, 0.25) is 5.02 Å². The number of amides is 1. The Morgan fingerprint density at radius 2 is 1.88 bits per heavy atom. The maximum atomic E-state index is 12.8. The average molecular weight is 414 g/mol. The molecule has 146 valence electrons. The molecule has 2 rings (SSSR count). The van der Waals surface area contributed by atoms with Crippen LogP contribution in [-0.4, -0.2) is 33.2 Å². The fourth-order valence-corrected chi connectivity index (χ4v) is 3.48. The van der Waals surface area contributed by atoms with E-state index in [0.717, 1.165) is 24.5 Å². The minimum Gasteiger partial charge on any atom is -0.349 e. The van der Waals surface area contributed by atoms with Crippen LogP contribution in [-0.2, 0) is 20.5 Å². The Hall–Kier alpha value is -1.32. The van der Waals surface area contributed by atoms with Crippen molar-refractivity contribution in [3.63, 3.8) is 0 Å². The Morgan fingerprint density at radius 3 is 2.42 bits per heavy atom. The molecule has 0 aromatic heterocycles. The minimum atomic E-state index is -4.56. The van der Waals surface area contributed by atoms with Crippen molar-refractivity contribution in [2.75, 3.05) is 12.9 Å². The molecule has 1 saturated carbocycles. The largest absolute Gasteiger partial charge is 0.416 e. The monoisotopic (exact) mass is 413 g/mol. The third kappa shape index (κ3) is 6.14. The molecule has 1 aliphatic carbocycles. The predicted molar refractivity (Wildman–Crippen MR) is 90.5 cm³/mol. The Morgan fingerprint density at radius 1 is 1.27 bits per heavy atom. The maximum absolute atomic E-state index is 12.8. The van der Waals surface area contributed by atoms with Gasteiger partial charge in [-0.05, 0) is 49.8 Å². The lowest BCUT2D eigenvalue weighted by Crippen LogP contribution is -2.38. The highest BCUT2D eigenvalue weighted by Gasteiger charge is 2.32. The molecule has 1 aromatic carbocycles. The molecule has 0 radical (unpaired) electrons. The van der Waals surface area contributed by atoms with Crippen molar-refractivity contribution >= 4 is 27.6 Å². The fourth-order valence-electron chi connectivity index (χ4n) is 2.83. The number of rotatable bonds is 5. The molecule has 1 amide bonds. The van der Waals surface area contributed by atoms with E-state index < -0.39 is 27.8 Å². The maximum Gasteiger partial charge on any atom is 0.416 e. The van der Waals surface area contributed by atoms with Crippen molar-refractivity contribution in [3.8, 4) is 0 Å². The van der Waals surface area contributed by atoms with Crippen molar-refractivity contribution < 1.29 is 30.6 Å². The molecular formula is C16H19ClF3NO4S. The number of benzene rings is 1. The molecule has 0 heterocycles. The summed E-state index contributed by atoms with van der Waals surface area (Å²) in [5.74, 6) is -0.591. The average Bonchev–Trinajstić information content (AvgIpc) is 2.52. The van der Waals surface area contributed by atoms with Crippen LogP contribution < -0.4 is 5.32 Å². The van der Waals surface area contributed by atoms with Crippen LogP contribution in [0.25, 0.3) is 0 Å². The van der Waals surface area contributed by atoms with Gasteiger partial charge in [0.1, 0.15) is 0 Å². The van der Waals surface area contributed by atoms with Gasteiger partial charge in [0, 0.05) is 6.04 Å². The van der Waals surface area contributed by atoms with E-state index in [1.54, 1.807) is 0 Å². The van der Waals surface area contributed by atoms with Gasteiger partial charge in [-0.1, -0.05) is 11.6 Å². The lowest BCUT2D eigenvalue weighted by atomic mass is 9.86. The van der Waals surface area contributed by atoms with Crippen LogP contribution in [0.1, 0.15) is 41.6 Å². The number of nitrogens with one attached hydrogen (secondary N) is 1. The molecule has 1 fully saturated rings. The van der Waals surface area contributed by atoms with Gasteiger partial charge in [-0.15, -0.1) is 0 Å². The first-order valence-electron chi connectivity index (χ1n) is 7.97. The molecule has 26 heavy (non-hydrogen) atoms. The summed E-state index contributed by atoms with van der Waals surface area (Å²) in [4.78, 5) is 12.3. The lowest BCUT2D eigenvalue weighted by molar-refractivity contribution is -0.137. The number of carbonyl (C=O) groups excluding carboxylic acids is 1. The van der Waals surface area contributed by atoms with Gasteiger partial charge in [0.15, 0.2) is 0 Å². The zero-order valence-corrected chi connectivity index (χ0v) is 15.5. The van der Waals surface area contributed by atoms with Gasteiger partial charge in [-0.2, -0.15) is 21.6 Å². The van der Waals surface area contributed by atoms with Gasteiger partial charge in [-0.25, -0.2) is 0 Å². The summed E-state index contributed by atoms with van der Waals surface area (Å²) >= 11 is 5.86. The van der Waals surface area contributed by atoms with E-state index in [1.165, 1.54) is 0 Å². The topological polar surface area (TPSA) is 72.5 Å². The van der Waals surface area contributed by atoms with E-state index in [-0.39, 0.29) is 29.2 Å². The first kappa shape index (κ1) is 21.0. The summed E-state index contributed by atoms with van der Waals surface area (Å²) in [6.07, 6.45) is -1.11. The highest BCUT2D eigenvalue weighted by Crippen LogP contribution is 2.32. The second-order valence-corrected chi connectivity index (χ2v) is 8.42. The van der Waals surface area contributed by atoms with E-state index in [9.17, 15) is 26.4 Å². The third-order valence-electron chi connectivity index (χ3n) is 4.24. The Labute approximate surface area is 155 Å². The third-order valence-corrected chi connectivity index (χ3v) is 5.13. The van der Waals surface area contributed by atoms with E-state index in [1.807, 2.05) is 0 Å². The SMILES string of the molecule is CS(=O)(=O)OC[C@H]1CC[C@H](NC(=O)c2cc(C(F)(F)F)ccc2Cl)CC1. The summed E-state index contributed by atoms with van der Waals surface area (Å²) in [7, 11) is -3.49. The number of hydrogen-bond acceptors (Lipinski definition) is 4. The number of carbonyl (C=O) groups is 1. The van der Waals surface area contributed by atoms with Crippen molar-refractivity contribution in [1.82, 2.24) is 5.32 Å². The van der Waals surface area contributed by atoms with E-state index >= 15 is 0 Å². The predicted octanol–water partition coefficient (Wildman–Crippen LogP) is 3.62. The van der Waals surface area contributed by atoms with Crippen LogP contribution in [0.15, 0.2) is 18.2 Å². The molecule has 0 saturated heterocycles. The molecule has 0 atom stereocenters. The molecule has 0 unspecified atom stereocenters. The van der Waals surface area contributed by atoms with Crippen LogP contribution in [0.3, 0.4) is 0 Å². The first-order chi connectivity index (χ1) is 12.0. The second kappa shape index (κ2) is 8.14. The minimum absolute atomic E-state index is 0.0502. The van der Waals surface area contributed by atoms with E-state index in [4.69, 9.17) is 15.8 Å². The molecule has 1 aliphatic rings. The van der Waals surface area contributed by atoms with Crippen LogP contribution >= 0.6 is 11.6 Å². The van der Waals surface area contributed by atoms with E-state index in [2.05, 4.69) is 5.32 Å². The van der Waals surface area contributed by atoms with Gasteiger partial charge in [0.25, 0.3) is 16.0 Å². The van der Waals surface area contributed by atoms with Crippen molar-refractivity contribution in [1.29, 1.82) is 0 Å². The molecule has 0 spiro atoms. The van der Waals surface area contributed by atoms with Gasteiger partial charge < -0.3 is 5.32 Å². The molecule has 0 bridgehead atoms. The summed E-state index contributed by atoms with van der Waals surface area (Å²) < 4.78 is 65.1. The second-order valence-electron chi connectivity index (χ2n) is 6.37. The molecule has 1 N–H and O–H groups in total. The molecular weight excluding hydrogens is 395 g/mol. The normalized spacial score (nSPS) is 21.4. The summed E-state index contributed by atoms with van der Waals surface area (Å²) in [5.41, 5.74) is -1.15. The Bertz CT molecular complexity index is 759. The zero-order valence-electron chi connectivity index (χ0n) is 14.0. The zero-order chi connectivity index (χ0) is 19.5. The van der Waals surface area contributed by atoms with Gasteiger partial charge in [0.05, 0.1) is 29.0 Å². The van der Waals surface area contributed by atoms with Gasteiger partial charge in [0.2, 0.25) is 0 Å². The quantitative estimate of drug-likeness (QED) is 0.748. The van der Waals surface area contributed by atoms with Crippen LogP contribution in [0, 0.1) is 5.92 Å². The molecule has 0 aliphatic heterocycles. The Balaban J connectivity index is 1.93. The number of alkyl halides is 3. The van der Waals surface area contributed by atoms with Crippen molar-refractivity contribution in [2.45, 2.75) is 37.9 Å². The molecule has 5 nitrogen and oxygen atoms in total. The lowest BCUT2D eigenvalue weighted by Gasteiger charge is -2.28. The number of hydrogen-bond donors (Lipinski definition) is 1. The number of halogens is 4. The Kier molecular flexibility index (Phi) is 6.57. The van der Waals surface area contributed by atoms with Gasteiger partial charge >= 0.3 is 6.18 Å². The highest BCUT2D eigenvalue weighted by atomic mass is 35.5. The molecule has 1 aromatic rings. The van der Waals surface area contributed by atoms with Crippen LogP contribution in [0.5, 0.6) is 0 Å². The smallest absolute Gasteiger partial charge is 0.349 e. The summed E-state index contributed by atoms with van der Waals surface area (Å²) in [5, 5.41) is 2.65. The van der Waals surface area contributed by atoms with E-state index in [0.29, 0.717) is 25.7 Å². The highest BCUT2D eigenvalue weighted by molar-refractivity contribution is 7.85. The first-order valence-corrected chi connectivity index (χ1v) is 10.2. The fraction of sp³-hybridized carbons (Fsp3) is 0.562. The van der Waals surface area contributed by atoms with Gasteiger partial charge in [-0.3, -0.25) is 8.98 Å². The molecule has 10 heteroatoms. The van der Waals surface area contributed by atoms with Crippen molar-refractivity contribution in [2.24, 2.45) is 5.92 Å². The van der Waals surface area contributed by atoms with Crippen LogP contribution in [0.4, 0.5) is 13.2 Å². The summed E-state index contributed by atoms with van der Waals surface area (Å²) in [6, 6.07) is 2.41. The van der Waals surface area contributed by atoms with Crippen molar-refractivity contribution in [3.05, 3.63) is 34.3 Å². The summed E-state index contributed by atoms with van der Waals surface area (Å²) in [6.45, 7) is 0.0962.